The first-order chi connectivity index (χ1) is 16.7. The summed E-state index contributed by atoms with van der Waals surface area (Å²) in [7, 11) is -3.73. The van der Waals surface area contributed by atoms with Gasteiger partial charge in [0.05, 0.1) is 34.1 Å². The first-order valence-corrected chi connectivity index (χ1v) is 14.2. The number of halogens is 2. The molecule has 1 amide bonds. The van der Waals surface area contributed by atoms with Crippen LogP contribution in [-0.2, 0) is 19.4 Å². The number of ether oxygens (including phenoxy) is 1. The van der Waals surface area contributed by atoms with Gasteiger partial charge in [-0.1, -0.05) is 22.9 Å². The molecule has 1 saturated heterocycles. The molecule has 0 N–H and O–H groups in total. The van der Waals surface area contributed by atoms with Gasteiger partial charge in [0, 0.05) is 37.6 Å². The molecule has 0 unspecified atom stereocenters. The van der Waals surface area contributed by atoms with Crippen molar-refractivity contribution in [1.82, 2.24) is 9.88 Å². The Balaban J connectivity index is 1.51. The van der Waals surface area contributed by atoms with Crippen LogP contribution in [0.5, 0.6) is 0 Å². The van der Waals surface area contributed by atoms with Crippen LogP contribution in [0.25, 0.3) is 10.2 Å². The number of sulfone groups is 1. The molecule has 11 heteroatoms. The molecule has 0 bridgehead atoms. The molecule has 2 aromatic carbocycles. The van der Waals surface area contributed by atoms with Gasteiger partial charge in [0.25, 0.3) is 0 Å². The number of benzene rings is 2. The third kappa shape index (κ3) is 6.37. The fourth-order valence-corrected chi connectivity index (χ4v) is 6.38. The van der Waals surface area contributed by atoms with Crippen molar-refractivity contribution >= 4 is 54.0 Å². The minimum Gasteiger partial charge on any atom is -0.379 e. The van der Waals surface area contributed by atoms with Crippen molar-refractivity contribution in [1.29, 1.82) is 0 Å². The summed E-state index contributed by atoms with van der Waals surface area (Å²) in [6, 6.07) is 8.31. The molecule has 35 heavy (non-hydrogen) atoms. The lowest BCUT2D eigenvalue weighted by atomic mass is 10.2. The lowest BCUT2D eigenvalue weighted by molar-refractivity contribution is -0.118. The van der Waals surface area contributed by atoms with Crippen LogP contribution in [0.3, 0.4) is 0 Å². The van der Waals surface area contributed by atoms with Gasteiger partial charge in [-0.25, -0.2) is 17.8 Å². The maximum atomic E-state index is 13.3. The Morgan fingerprint density at radius 3 is 2.63 bits per heavy atom. The summed E-state index contributed by atoms with van der Waals surface area (Å²) in [5.74, 6) is -1.20. The van der Waals surface area contributed by atoms with Gasteiger partial charge in [0.2, 0.25) is 5.91 Å². The number of rotatable bonds is 9. The molecule has 0 aliphatic carbocycles. The van der Waals surface area contributed by atoms with Crippen LogP contribution < -0.4 is 4.90 Å². The molecule has 0 saturated carbocycles. The molecule has 1 fully saturated rings. The zero-order valence-corrected chi connectivity index (χ0v) is 21.8. The quantitative estimate of drug-likeness (QED) is 0.377. The number of hydrogen-bond acceptors (Lipinski definition) is 7. The molecule has 1 aromatic heterocycles. The smallest absolute Gasteiger partial charge is 0.229 e. The van der Waals surface area contributed by atoms with Gasteiger partial charge in [-0.05, 0) is 55.3 Å². The van der Waals surface area contributed by atoms with Gasteiger partial charge in [-0.2, -0.15) is 0 Å². The van der Waals surface area contributed by atoms with Gasteiger partial charge in [-0.15, -0.1) is 0 Å². The molecular formula is C24H27ClFN3O4S2. The number of amides is 1. The van der Waals surface area contributed by atoms with Gasteiger partial charge < -0.3 is 4.74 Å². The highest BCUT2D eigenvalue weighted by atomic mass is 35.5. The third-order valence-corrected chi connectivity index (χ3v) is 9.17. The predicted molar refractivity (Wildman–Crippen MR) is 137 cm³/mol. The molecule has 0 radical (unpaired) electrons. The van der Waals surface area contributed by atoms with Crippen LogP contribution in [0.4, 0.5) is 9.52 Å². The van der Waals surface area contributed by atoms with Crippen molar-refractivity contribution in [3.05, 3.63) is 52.8 Å². The highest BCUT2D eigenvalue weighted by Crippen LogP contribution is 2.34. The maximum Gasteiger partial charge on any atom is 0.229 e. The van der Waals surface area contributed by atoms with E-state index in [1.54, 1.807) is 11.0 Å². The van der Waals surface area contributed by atoms with Crippen molar-refractivity contribution in [2.75, 3.05) is 50.0 Å². The van der Waals surface area contributed by atoms with E-state index in [9.17, 15) is 17.6 Å². The summed E-state index contributed by atoms with van der Waals surface area (Å²) in [5, 5.41) is 1.13. The van der Waals surface area contributed by atoms with Gasteiger partial charge in [0.15, 0.2) is 15.0 Å². The minimum absolute atomic E-state index is 0.00387. The Bertz CT molecular complexity index is 1290. The molecule has 3 aromatic rings. The Labute approximate surface area is 213 Å². The second kappa shape index (κ2) is 11.3. The first-order valence-electron chi connectivity index (χ1n) is 11.4. The topological polar surface area (TPSA) is 79.8 Å². The Hall–Kier alpha value is -2.11. The second-order valence-corrected chi connectivity index (χ2v) is 11.9. The zero-order valence-electron chi connectivity index (χ0n) is 19.4. The van der Waals surface area contributed by atoms with Crippen molar-refractivity contribution < 1.29 is 22.3 Å². The number of carbonyl (C=O) groups is 1. The van der Waals surface area contributed by atoms with E-state index in [1.165, 1.54) is 23.5 Å². The van der Waals surface area contributed by atoms with E-state index >= 15 is 0 Å². The normalized spacial score (nSPS) is 14.9. The number of aryl methyl sites for hydroxylation is 1. The van der Waals surface area contributed by atoms with E-state index in [1.807, 2.05) is 13.0 Å². The van der Waals surface area contributed by atoms with Crippen LogP contribution >= 0.6 is 22.9 Å². The number of anilines is 1. The first kappa shape index (κ1) is 26.0. The van der Waals surface area contributed by atoms with E-state index < -0.39 is 15.7 Å². The van der Waals surface area contributed by atoms with E-state index in [0.717, 1.165) is 47.5 Å². The molecule has 4 rings (SSSR count). The number of thiazole rings is 1. The van der Waals surface area contributed by atoms with Gasteiger partial charge in [0.1, 0.15) is 5.82 Å². The molecule has 7 nitrogen and oxygen atoms in total. The van der Waals surface area contributed by atoms with Gasteiger partial charge in [-0.3, -0.25) is 14.6 Å². The third-order valence-electron chi connectivity index (χ3n) is 5.99. The average Bonchev–Trinajstić information content (AvgIpc) is 3.28. The Morgan fingerprint density at radius 2 is 1.91 bits per heavy atom. The number of morpholine rings is 1. The standard InChI is InChI=1S/C24H27ClFN3O4S2/c1-17-20(25)7-8-21-23(17)27-24(34-21)29(11-2-10-28-12-14-33-15-13-28)22(30)9-16-35(31,32)19-5-3-18(26)4-6-19/h3-8H,2,9-16H2,1H3. The van der Waals surface area contributed by atoms with Crippen LogP contribution in [0.1, 0.15) is 18.4 Å². The second-order valence-electron chi connectivity index (χ2n) is 8.39. The number of carbonyl (C=O) groups excluding carboxylic acids is 1. The van der Waals surface area contributed by atoms with E-state index in [-0.39, 0.29) is 23.0 Å². The lowest BCUT2D eigenvalue weighted by Gasteiger charge is -2.27. The summed E-state index contributed by atoms with van der Waals surface area (Å²) < 4.78 is 44.9. The van der Waals surface area contributed by atoms with E-state index in [2.05, 4.69) is 9.88 Å². The SMILES string of the molecule is Cc1c(Cl)ccc2sc(N(CCCN3CCOCC3)C(=O)CCS(=O)(=O)c3ccc(F)cc3)nc12. The van der Waals surface area contributed by atoms with Crippen LogP contribution in [0.15, 0.2) is 41.3 Å². The Kier molecular flexibility index (Phi) is 8.38. The summed E-state index contributed by atoms with van der Waals surface area (Å²) in [4.78, 5) is 21.8. The molecule has 2 heterocycles. The van der Waals surface area contributed by atoms with Crippen molar-refractivity contribution in [3.63, 3.8) is 0 Å². The maximum absolute atomic E-state index is 13.3. The fourth-order valence-electron chi connectivity index (χ4n) is 3.92. The Morgan fingerprint density at radius 1 is 1.20 bits per heavy atom. The van der Waals surface area contributed by atoms with Crippen LogP contribution in [0.2, 0.25) is 5.02 Å². The zero-order chi connectivity index (χ0) is 25.0. The molecular weight excluding hydrogens is 513 g/mol. The molecule has 1 aliphatic rings. The van der Waals surface area contributed by atoms with Crippen molar-refractivity contribution in [3.8, 4) is 0 Å². The minimum atomic E-state index is -3.73. The summed E-state index contributed by atoms with van der Waals surface area (Å²) in [5.41, 5.74) is 1.58. The number of nitrogens with zero attached hydrogens (tertiary/aromatic N) is 3. The van der Waals surface area contributed by atoms with Crippen molar-refractivity contribution in [2.24, 2.45) is 0 Å². The molecule has 0 spiro atoms. The molecule has 1 aliphatic heterocycles. The highest BCUT2D eigenvalue weighted by Gasteiger charge is 2.24. The van der Waals surface area contributed by atoms with E-state index in [0.29, 0.717) is 36.3 Å². The van der Waals surface area contributed by atoms with Crippen LogP contribution in [0, 0.1) is 12.7 Å². The number of hydrogen-bond donors (Lipinski definition) is 0. The summed E-state index contributed by atoms with van der Waals surface area (Å²) in [6.07, 6.45) is 0.513. The summed E-state index contributed by atoms with van der Waals surface area (Å²) in [6.45, 7) is 6.19. The predicted octanol–water partition coefficient (Wildman–Crippen LogP) is 4.32. The largest absolute Gasteiger partial charge is 0.379 e. The number of aromatic nitrogens is 1. The van der Waals surface area contributed by atoms with Crippen LogP contribution in [-0.4, -0.2) is 69.4 Å². The monoisotopic (exact) mass is 539 g/mol. The molecule has 188 valence electrons. The highest BCUT2D eigenvalue weighted by molar-refractivity contribution is 7.91. The molecule has 0 atom stereocenters. The van der Waals surface area contributed by atoms with Crippen molar-refractivity contribution in [2.45, 2.75) is 24.7 Å². The van der Waals surface area contributed by atoms with Gasteiger partial charge >= 0.3 is 0 Å². The average molecular weight is 540 g/mol. The van der Waals surface area contributed by atoms with E-state index in [4.69, 9.17) is 16.3 Å². The summed E-state index contributed by atoms with van der Waals surface area (Å²) >= 11 is 7.64. The lowest BCUT2D eigenvalue weighted by Crippen LogP contribution is -2.39. The number of fused-ring (bicyclic) bond motifs is 1. The fraction of sp³-hybridized carbons (Fsp3) is 0.417.